The molecule has 0 spiro atoms. The standard InChI is InChI=1S/C12H15NO/c1-3-5-9-8-13-10-6-4-7-11(14-2)12(9)10/h4,6-8,13H,3,5H2,1-2H3. The Morgan fingerprint density at radius 3 is 2.93 bits per heavy atom. The topological polar surface area (TPSA) is 25.0 Å². The van der Waals surface area contributed by atoms with E-state index in [4.69, 9.17) is 4.74 Å². The number of methoxy groups -OCH3 is 1. The van der Waals surface area contributed by atoms with E-state index in [2.05, 4.69) is 24.2 Å². The van der Waals surface area contributed by atoms with Gasteiger partial charge in [0, 0.05) is 17.1 Å². The zero-order valence-corrected chi connectivity index (χ0v) is 8.63. The Labute approximate surface area is 83.9 Å². The predicted octanol–water partition coefficient (Wildman–Crippen LogP) is 3.13. The second-order valence-corrected chi connectivity index (χ2v) is 3.45. The molecule has 2 heteroatoms. The molecule has 0 aliphatic carbocycles. The largest absolute Gasteiger partial charge is 0.496 e. The van der Waals surface area contributed by atoms with Crippen molar-refractivity contribution in [3.8, 4) is 5.75 Å². The van der Waals surface area contributed by atoms with Crippen LogP contribution in [0.4, 0.5) is 0 Å². The van der Waals surface area contributed by atoms with Crippen LogP contribution in [-0.2, 0) is 6.42 Å². The maximum Gasteiger partial charge on any atom is 0.128 e. The van der Waals surface area contributed by atoms with E-state index in [0.717, 1.165) is 24.1 Å². The summed E-state index contributed by atoms with van der Waals surface area (Å²) in [5.74, 6) is 0.965. The van der Waals surface area contributed by atoms with E-state index in [-0.39, 0.29) is 0 Å². The second-order valence-electron chi connectivity index (χ2n) is 3.45. The van der Waals surface area contributed by atoms with Crippen molar-refractivity contribution >= 4 is 10.9 Å². The molecule has 0 amide bonds. The highest BCUT2D eigenvalue weighted by Crippen LogP contribution is 2.28. The molecule has 0 fully saturated rings. The normalized spacial score (nSPS) is 10.7. The molecule has 1 aromatic heterocycles. The summed E-state index contributed by atoms with van der Waals surface area (Å²) < 4.78 is 5.35. The van der Waals surface area contributed by atoms with E-state index in [0.29, 0.717) is 0 Å². The van der Waals surface area contributed by atoms with Crippen molar-refractivity contribution in [3.05, 3.63) is 30.0 Å². The predicted molar refractivity (Wildman–Crippen MR) is 58.8 cm³/mol. The molecular weight excluding hydrogens is 174 g/mol. The van der Waals surface area contributed by atoms with Crippen LogP contribution in [0.15, 0.2) is 24.4 Å². The van der Waals surface area contributed by atoms with E-state index in [1.807, 2.05) is 12.1 Å². The van der Waals surface area contributed by atoms with Gasteiger partial charge >= 0.3 is 0 Å². The van der Waals surface area contributed by atoms with Gasteiger partial charge in [0.15, 0.2) is 0 Å². The smallest absolute Gasteiger partial charge is 0.128 e. The maximum absolute atomic E-state index is 5.35. The number of hydrogen-bond acceptors (Lipinski definition) is 1. The van der Waals surface area contributed by atoms with Crippen molar-refractivity contribution in [2.24, 2.45) is 0 Å². The lowest BCUT2D eigenvalue weighted by Gasteiger charge is -2.03. The van der Waals surface area contributed by atoms with Crippen molar-refractivity contribution < 1.29 is 4.74 Å². The molecule has 0 unspecified atom stereocenters. The van der Waals surface area contributed by atoms with E-state index in [9.17, 15) is 0 Å². The van der Waals surface area contributed by atoms with Crippen LogP contribution in [0, 0.1) is 0 Å². The van der Waals surface area contributed by atoms with Gasteiger partial charge in [-0.2, -0.15) is 0 Å². The Morgan fingerprint density at radius 1 is 1.36 bits per heavy atom. The van der Waals surface area contributed by atoms with Gasteiger partial charge in [0.1, 0.15) is 5.75 Å². The number of fused-ring (bicyclic) bond motifs is 1. The number of H-pyrrole nitrogens is 1. The summed E-state index contributed by atoms with van der Waals surface area (Å²) in [5.41, 5.74) is 2.51. The van der Waals surface area contributed by atoms with E-state index in [1.54, 1.807) is 7.11 Å². The fourth-order valence-corrected chi connectivity index (χ4v) is 1.86. The first-order valence-corrected chi connectivity index (χ1v) is 4.99. The third-order valence-corrected chi connectivity index (χ3v) is 2.49. The van der Waals surface area contributed by atoms with Gasteiger partial charge < -0.3 is 9.72 Å². The summed E-state index contributed by atoms with van der Waals surface area (Å²) in [4.78, 5) is 3.27. The van der Waals surface area contributed by atoms with Gasteiger partial charge in [-0.25, -0.2) is 0 Å². The molecule has 0 aliphatic heterocycles. The summed E-state index contributed by atoms with van der Waals surface area (Å²) >= 11 is 0. The zero-order valence-electron chi connectivity index (χ0n) is 8.63. The van der Waals surface area contributed by atoms with Crippen molar-refractivity contribution in [2.45, 2.75) is 19.8 Å². The molecule has 1 N–H and O–H groups in total. The number of rotatable bonds is 3. The molecule has 0 bridgehead atoms. The van der Waals surface area contributed by atoms with E-state index in [1.165, 1.54) is 10.9 Å². The Kier molecular flexibility index (Phi) is 2.44. The highest BCUT2D eigenvalue weighted by Gasteiger charge is 2.07. The van der Waals surface area contributed by atoms with Gasteiger partial charge in [-0.05, 0) is 24.1 Å². The SMILES string of the molecule is CCCc1c[nH]c2cccc(OC)c12. The number of aromatic nitrogens is 1. The lowest BCUT2D eigenvalue weighted by molar-refractivity contribution is 0.419. The van der Waals surface area contributed by atoms with Gasteiger partial charge in [0.05, 0.1) is 7.11 Å². The second kappa shape index (κ2) is 3.74. The molecule has 2 rings (SSSR count). The van der Waals surface area contributed by atoms with Crippen LogP contribution < -0.4 is 4.74 Å². The minimum Gasteiger partial charge on any atom is -0.496 e. The molecule has 14 heavy (non-hydrogen) atoms. The Bertz CT molecular complexity index is 431. The monoisotopic (exact) mass is 189 g/mol. The fraction of sp³-hybridized carbons (Fsp3) is 0.333. The van der Waals surface area contributed by atoms with Crippen molar-refractivity contribution in [1.29, 1.82) is 0 Å². The third kappa shape index (κ3) is 1.37. The van der Waals surface area contributed by atoms with Gasteiger partial charge in [-0.1, -0.05) is 19.4 Å². The lowest BCUT2D eigenvalue weighted by Crippen LogP contribution is -1.86. The van der Waals surface area contributed by atoms with Crippen LogP contribution in [0.5, 0.6) is 5.75 Å². The lowest BCUT2D eigenvalue weighted by atomic mass is 10.1. The van der Waals surface area contributed by atoms with Gasteiger partial charge in [0.25, 0.3) is 0 Å². The van der Waals surface area contributed by atoms with E-state index < -0.39 is 0 Å². The fourth-order valence-electron chi connectivity index (χ4n) is 1.86. The maximum atomic E-state index is 5.35. The molecule has 1 heterocycles. The quantitative estimate of drug-likeness (QED) is 0.788. The highest BCUT2D eigenvalue weighted by atomic mass is 16.5. The minimum absolute atomic E-state index is 0.965. The Morgan fingerprint density at radius 2 is 2.21 bits per heavy atom. The van der Waals surface area contributed by atoms with Gasteiger partial charge in [0.2, 0.25) is 0 Å². The molecular formula is C12H15NO. The molecule has 0 saturated carbocycles. The Hall–Kier alpha value is -1.44. The van der Waals surface area contributed by atoms with Crippen LogP contribution >= 0.6 is 0 Å². The summed E-state index contributed by atoms with van der Waals surface area (Å²) in [6, 6.07) is 6.10. The van der Waals surface area contributed by atoms with Crippen molar-refractivity contribution in [3.63, 3.8) is 0 Å². The number of aromatic amines is 1. The first-order valence-electron chi connectivity index (χ1n) is 4.99. The average Bonchev–Trinajstić information content (AvgIpc) is 2.62. The molecule has 0 radical (unpaired) electrons. The number of aryl methyl sites for hydroxylation is 1. The molecule has 0 saturated heterocycles. The van der Waals surface area contributed by atoms with Crippen molar-refractivity contribution in [2.75, 3.05) is 7.11 Å². The first kappa shape index (κ1) is 9.13. The van der Waals surface area contributed by atoms with Gasteiger partial charge in [-0.15, -0.1) is 0 Å². The number of ether oxygens (including phenoxy) is 1. The molecule has 1 aromatic carbocycles. The van der Waals surface area contributed by atoms with Crippen LogP contribution in [0.1, 0.15) is 18.9 Å². The summed E-state index contributed by atoms with van der Waals surface area (Å²) in [7, 11) is 1.72. The average molecular weight is 189 g/mol. The van der Waals surface area contributed by atoms with Crippen LogP contribution in [0.2, 0.25) is 0 Å². The molecule has 2 nitrogen and oxygen atoms in total. The molecule has 74 valence electrons. The summed E-state index contributed by atoms with van der Waals surface area (Å²) in [6.45, 7) is 2.19. The number of hydrogen-bond donors (Lipinski definition) is 1. The third-order valence-electron chi connectivity index (χ3n) is 2.49. The van der Waals surface area contributed by atoms with Gasteiger partial charge in [-0.3, -0.25) is 0 Å². The van der Waals surface area contributed by atoms with Crippen LogP contribution in [0.25, 0.3) is 10.9 Å². The van der Waals surface area contributed by atoms with Crippen molar-refractivity contribution in [1.82, 2.24) is 4.98 Å². The van der Waals surface area contributed by atoms with Crippen LogP contribution in [-0.4, -0.2) is 12.1 Å². The summed E-state index contributed by atoms with van der Waals surface area (Å²) in [6.07, 6.45) is 4.34. The Balaban J connectivity index is 2.62. The van der Waals surface area contributed by atoms with E-state index >= 15 is 0 Å². The molecule has 0 aliphatic rings. The zero-order chi connectivity index (χ0) is 9.97. The highest BCUT2D eigenvalue weighted by molar-refractivity contribution is 5.89. The van der Waals surface area contributed by atoms with Crippen LogP contribution in [0.3, 0.4) is 0 Å². The number of benzene rings is 1. The summed E-state index contributed by atoms with van der Waals surface area (Å²) in [5, 5.41) is 1.23. The molecule has 2 aromatic rings. The minimum atomic E-state index is 0.965. The molecule has 0 atom stereocenters. The first-order chi connectivity index (χ1) is 6.86. The number of nitrogens with one attached hydrogen (secondary N) is 1.